The quantitative estimate of drug-likeness (QED) is 0.528. The van der Waals surface area contributed by atoms with Crippen molar-refractivity contribution in [2.75, 3.05) is 31.2 Å². The molecule has 1 atom stereocenters. The van der Waals surface area contributed by atoms with Crippen LogP contribution in [0.5, 0.6) is 11.5 Å². The highest BCUT2D eigenvalue weighted by Crippen LogP contribution is 2.25. The number of ether oxygens (including phenoxy) is 4. The Hall–Kier alpha value is -3.01. The average molecular weight is 454 g/mol. The zero-order valence-corrected chi connectivity index (χ0v) is 17.6. The summed E-state index contributed by atoms with van der Waals surface area (Å²) in [6.07, 6.45) is -0.627. The van der Waals surface area contributed by atoms with E-state index in [1.54, 1.807) is 19.3 Å². The van der Waals surface area contributed by atoms with E-state index in [0.29, 0.717) is 50.5 Å². The van der Waals surface area contributed by atoms with Crippen LogP contribution >= 0.6 is 0 Å². The van der Waals surface area contributed by atoms with Gasteiger partial charge in [-0.3, -0.25) is 9.78 Å². The van der Waals surface area contributed by atoms with Gasteiger partial charge >= 0.3 is 12.3 Å². The van der Waals surface area contributed by atoms with Crippen molar-refractivity contribution in [2.45, 2.75) is 38.8 Å². The molecule has 0 bridgehead atoms. The third kappa shape index (κ3) is 7.60. The smallest absolute Gasteiger partial charge is 0.487 e. The highest BCUT2D eigenvalue weighted by atomic mass is 19.4. The second kappa shape index (κ2) is 11.0. The maximum absolute atomic E-state index is 12.3. The molecule has 0 saturated carbocycles. The highest BCUT2D eigenvalue weighted by Gasteiger charge is 2.31. The Morgan fingerprint density at radius 2 is 2.00 bits per heavy atom. The Morgan fingerprint density at radius 1 is 1.22 bits per heavy atom. The fourth-order valence-electron chi connectivity index (χ4n) is 3.25. The Morgan fingerprint density at radius 3 is 2.72 bits per heavy atom. The predicted octanol–water partition coefficient (Wildman–Crippen LogP) is 4.11. The van der Waals surface area contributed by atoms with E-state index in [0.717, 1.165) is 5.69 Å². The molecule has 0 N–H and O–H groups in total. The van der Waals surface area contributed by atoms with E-state index in [1.807, 2.05) is 6.07 Å². The molecule has 1 saturated heterocycles. The lowest BCUT2D eigenvalue weighted by molar-refractivity contribution is -0.274. The fraction of sp³-hybridized carbons (Fsp3) is 0.455. The van der Waals surface area contributed by atoms with Crippen LogP contribution in [0.15, 0.2) is 42.7 Å². The maximum Gasteiger partial charge on any atom is 0.573 e. The summed E-state index contributed by atoms with van der Waals surface area (Å²) in [6.45, 7) is 4.14. The van der Waals surface area contributed by atoms with Gasteiger partial charge in [0.05, 0.1) is 37.4 Å². The molecule has 1 aromatic heterocycles. The summed E-state index contributed by atoms with van der Waals surface area (Å²) in [5, 5.41) is 0. The summed E-state index contributed by atoms with van der Waals surface area (Å²) in [5.74, 6) is 0.0192. The monoisotopic (exact) mass is 454 g/mol. The second-order valence-electron chi connectivity index (χ2n) is 7.14. The molecule has 174 valence electrons. The molecule has 10 heteroatoms. The molecule has 0 aliphatic carbocycles. The Labute approximate surface area is 184 Å². The van der Waals surface area contributed by atoms with Gasteiger partial charge in [-0.05, 0) is 31.0 Å². The third-order valence-electron chi connectivity index (χ3n) is 4.74. The number of aromatic nitrogens is 1. The van der Waals surface area contributed by atoms with Crippen LogP contribution in [0, 0.1) is 0 Å². The van der Waals surface area contributed by atoms with Crippen LogP contribution in [0.2, 0.25) is 0 Å². The van der Waals surface area contributed by atoms with Crippen LogP contribution in [-0.4, -0.2) is 49.7 Å². The van der Waals surface area contributed by atoms with Crippen molar-refractivity contribution < 1.29 is 36.9 Å². The first-order chi connectivity index (χ1) is 15.3. The SMILES string of the molecule is CCOC(=O)CC[C@H]1CN(c2cncc(OCc3ccc(OC(F)(F)F)cc3)c2)CCO1. The highest BCUT2D eigenvalue weighted by molar-refractivity contribution is 5.69. The van der Waals surface area contributed by atoms with Crippen molar-refractivity contribution in [3.8, 4) is 11.5 Å². The van der Waals surface area contributed by atoms with E-state index >= 15 is 0 Å². The van der Waals surface area contributed by atoms with Gasteiger partial charge in [0, 0.05) is 25.6 Å². The van der Waals surface area contributed by atoms with Gasteiger partial charge < -0.3 is 23.8 Å². The number of pyridine rings is 1. The lowest BCUT2D eigenvalue weighted by atomic mass is 10.1. The number of halogens is 3. The molecule has 32 heavy (non-hydrogen) atoms. The van der Waals surface area contributed by atoms with Gasteiger partial charge in [-0.2, -0.15) is 0 Å². The van der Waals surface area contributed by atoms with E-state index in [-0.39, 0.29) is 24.4 Å². The third-order valence-corrected chi connectivity index (χ3v) is 4.74. The molecule has 2 aromatic rings. The number of rotatable bonds is 9. The van der Waals surface area contributed by atoms with Crippen LogP contribution in [0.4, 0.5) is 18.9 Å². The number of hydrogen-bond acceptors (Lipinski definition) is 7. The molecule has 0 spiro atoms. The number of benzene rings is 1. The van der Waals surface area contributed by atoms with Crippen molar-refractivity contribution in [2.24, 2.45) is 0 Å². The minimum atomic E-state index is -4.72. The molecule has 3 rings (SSSR count). The lowest BCUT2D eigenvalue weighted by Crippen LogP contribution is -2.42. The Bertz CT molecular complexity index is 877. The second-order valence-corrected chi connectivity index (χ2v) is 7.14. The number of nitrogens with zero attached hydrogens (tertiary/aromatic N) is 2. The maximum atomic E-state index is 12.3. The van der Waals surface area contributed by atoms with Gasteiger partial charge in [0.15, 0.2) is 0 Å². The first-order valence-corrected chi connectivity index (χ1v) is 10.3. The normalized spacial score (nSPS) is 16.5. The number of carbonyl (C=O) groups is 1. The molecule has 0 unspecified atom stereocenters. The van der Waals surface area contributed by atoms with Crippen molar-refractivity contribution >= 4 is 11.7 Å². The number of esters is 1. The van der Waals surface area contributed by atoms with Gasteiger partial charge in [-0.1, -0.05) is 12.1 Å². The number of carbonyl (C=O) groups excluding carboxylic acids is 1. The average Bonchev–Trinajstić information content (AvgIpc) is 2.77. The van der Waals surface area contributed by atoms with E-state index in [1.165, 1.54) is 24.3 Å². The minimum absolute atomic E-state index is 0.0878. The van der Waals surface area contributed by atoms with Crippen LogP contribution in [-0.2, 0) is 20.9 Å². The summed E-state index contributed by atoms with van der Waals surface area (Å²) in [6, 6.07) is 7.35. The van der Waals surface area contributed by atoms with E-state index < -0.39 is 6.36 Å². The Balaban J connectivity index is 1.53. The van der Waals surface area contributed by atoms with Gasteiger partial charge in [-0.15, -0.1) is 13.2 Å². The Kier molecular flexibility index (Phi) is 8.15. The van der Waals surface area contributed by atoms with E-state index in [9.17, 15) is 18.0 Å². The molecule has 1 aliphatic rings. The molecular weight excluding hydrogens is 429 g/mol. The topological polar surface area (TPSA) is 70.1 Å². The van der Waals surface area contributed by atoms with Crippen LogP contribution in [0.1, 0.15) is 25.3 Å². The van der Waals surface area contributed by atoms with Crippen molar-refractivity contribution in [1.29, 1.82) is 0 Å². The number of morpholine rings is 1. The number of hydrogen-bond donors (Lipinski definition) is 0. The van der Waals surface area contributed by atoms with Crippen molar-refractivity contribution in [1.82, 2.24) is 4.98 Å². The lowest BCUT2D eigenvalue weighted by Gasteiger charge is -2.34. The van der Waals surface area contributed by atoms with Crippen molar-refractivity contribution in [3.05, 3.63) is 48.3 Å². The summed E-state index contributed by atoms with van der Waals surface area (Å²) < 4.78 is 57.1. The molecular formula is C22H25F3N2O5. The standard InChI is InChI=1S/C22H25F3N2O5/c1-2-29-21(28)8-7-19-14-27(9-10-30-19)17-11-20(13-26-12-17)31-15-16-3-5-18(6-4-16)32-22(23,24)25/h3-6,11-13,19H,2,7-10,14-15H2,1H3/t19-/m0/s1. The first kappa shape index (κ1) is 23.6. The van der Waals surface area contributed by atoms with E-state index in [4.69, 9.17) is 14.2 Å². The molecule has 1 fully saturated rings. The summed E-state index contributed by atoms with van der Waals surface area (Å²) in [7, 11) is 0. The van der Waals surface area contributed by atoms with Gasteiger partial charge in [-0.25, -0.2) is 0 Å². The molecule has 1 aliphatic heterocycles. The molecule has 7 nitrogen and oxygen atoms in total. The van der Waals surface area contributed by atoms with Gasteiger partial charge in [0.1, 0.15) is 18.1 Å². The first-order valence-electron chi connectivity index (χ1n) is 10.3. The fourth-order valence-corrected chi connectivity index (χ4v) is 3.25. The van der Waals surface area contributed by atoms with Crippen LogP contribution in [0.3, 0.4) is 0 Å². The summed E-state index contributed by atoms with van der Waals surface area (Å²) >= 11 is 0. The molecule has 0 radical (unpaired) electrons. The molecule has 2 heterocycles. The summed E-state index contributed by atoms with van der Waals surface area (Å²) in [4.78, 5) is 17.9. The summed E-state index contributed by atoms with van der Waals surface area (Å²) in [5.41, 5.74) is 1.55. The van der Waals surface area contributed by atoms with Gasteiger partial charge in [0.2, 0.25) is 0 Å². The van der Waals surface area contributed by atoms with Crippen LogP contribution in [0.25, 0.3) is 0 Å². The minimum Gasteiger partial charge on any atom is -0.487 e. The largest absolute Gasteiger partial charge is 0.573 e. The number of anilines is 1. The predicted molar refractivity (Wildman–Crippen MR) is 110 cm³/mol. The van der Waals surface area contributed by atoms with E-state index in [2.05, 4.69) is 14.6 Å². The van der Waals surface area contributed by atoms with Gasteiger partial charge in [0.25, 0.3) is 0 Å². The zero-order chi connectivity index (χ0) is 23.0. The number of alkyl halides is 3. The van der Waals surface area contributed by atoms with Crippen molar-refractivity contribution in [3.63, 3.8) is 0 Å². The molecule has 1 aromatic carbocycles. The van der Waals surface area contributed by atoms with Crippen LogP contribution < -0.4 is 14.4 Å². The zero-order valence-electron chi connectivity index (χ0n) is 17.6. The molecule has 0 amide bonds.